The van der Waals surface area contributed by atoms with Crippen LogP contribution in [0.15, 0.2) is 44.4 Å². The Labute approximate surface area is 155 Å². The molecule has 130 valence electrons. The van der Waals surface area contributed by atoms with Gasteiger partial charge in [0.15, 0.2) is 0 Å². The van der Waals surface area contributed by atoms with E-state index in [1.54, 1.807) is 23.5 Å². The largest absolute Gasteiger partial charge is 0.497 e. The van der Waals surface area contributed by atoms with Crippen molar-refractivity contribution in [1.29, 1.82) is 0 Å². The van der Waals surface area contributed by atoms with Gasteiger partial charge >= 0.3 is 0 Å². The third kappa shape index (κ3) is 3.85. The van der Waals surface area contributed by atoms with Crippen molar-refractivity contribution in [3.8, 4) is 5.75 Å². The average molecular weight is 430 g/mol. The van der Waals surface area contributed by atoms with Crippen molar-refractivity contribution in [3.05, 3.63) is 45.7 Å². The van der Waals surface area contributed by atoms with Gasteiger partial charge in [-0.1, -0.05) is 12.1 Å². The summed E-state index contributed by atoms with van der Waals surface area (Å²) in [5, 5.41) is 0. The van der Waals surface area contributed by atoms with E-state index in [9.17, 15) is 8.42 Å². The summed E-state index contributed by atoms with van der Waals surface area (Å²) in [7, 11) is -1.89. The van der Waals surface area contributed by atoms with Gasteiger partial charge in [0.1, 0.15) is 9.96 Å². The fourth-order valence-corrected chi connectivity index (χ4v) is 6.54. The van der Waals surface area contributed by atoms with Gasteiger partial charge in [-0.05, 0) is 71.4 Å². The lowest BCUT2D eigenvalue weighted by molar-refractivity contribution is 0.303. The third-order valence-corrected chi connectivity index (χ3v) is 8.39. The Morgan fingerprint density at radius 3 is 2.42 bits per heavy atom. The highest BCUT2D eigenvalue weighted by atomic mass is 79.9. The highest BCUT2D eigenvalue weighted by Gasteiger charge is 2.38. The number of nitrogens with zero attached hydrogens (tertiary/aromatic N) is 1. The van der Waals surface area contributed by atoms with E-state index in [1.165, 1.54) is 11.3 Å². The summed E-state index contributed by atoms with van der Waals surface area (Å²) in [5.74, 6) is 1.23. The van der Waals surface area contributed by atoms with Gasteiger partial charge < -0.3 is 4.74 Å². The molecule has 1 aliphatic carbocycles. The van der Waals surface area contributed by atoms with Crippen molar-refractivity contribution in [2.45, 2.75) is 36.6 Å². The summed E-state index contributed by atoms with van der Waals surface area (Å²) >= 11 is 4.61. The van der Waals surface area contributed by atoms with Crippen LogP contribution < -0.4 is 4.74 Å². The summed E-state index contributed by atoms with van der Waals surface area (Å²) in [5.41, 5.74) is 0.961. The lowest BCUT2D eigenvalue weighted by Gasteiger charge is -2.28. The minimum Gasteiger partial charge on any atom is -0.497 e. The Hall–Kier alpha value is -0.890. The van der Waals surface area contributed by atoms with Gasteiger partial charge in [-0.3, -0.25) is 0 Å². The first-order valence-corrected chi connectivity index (χ1v) is 10.9. The normalized spacial score (nSPS) is 16.3. The van der Waals surface area contributed by atoms with Crippen molar-refractivity contribution in [2.24, 2.45) is 5.92 Å². The Bertz CT molecular complexity index is 797. The van der Waals surface area contributed by atoms with E-state index in [-0.39, 0.29) is 6.04 Å². The van der Waals surface area contributed by atoms with Gasteiger partial charge in [0, 0.05) is 12.6 Å². The summed E-state index contributed by atoms with van der Waals surface area (Å²) in [6, 6.07) is 11.0. The number of hydrogen-bond donors (Lipinski definition) is 0. The molecule has 1 aliphatic rings. The molecule has 0 spiro atoms. The minimum atomic E-state index is -3.51. The van der Waals surface area contributed by atoms with Crippen LogP contribution in [0, 0.1) is 5.92 Å². The molecule has 1 aromatic heterocycles. The highest BCUT2D eigenvalue weighted by molar-refractivity contribution is 9.11. The number of thiophene rings is 1. The van der Waals surface area contributed by atoms with Gasteiger partial charge in [0.05, 0.1) is 10.9 Å². The molecule has 1 saturated carbocycles. The molecular formula is C17H20BrNO3S2. The van der Waals surface area contributed by atoms with E-state index in [4.69, 9.17) is 4.74 Å². The topological polar surface area (TPSA) is 46.6 Å². The summed E-state index contributed by atoms with van der Waals surface area (Å²) in [4.78, 5) is 0. The molecule has 0 amide bonds. The van der Waals surface area contributed by atoms with Crippen molar-refractivity contribution in [3.63, 3.8) is 0 Å². The molecule has 1 heterocycles. The molecule has 0 N–H and O–H groups in total. The molecule has 3 rings (SSSR count). The second-order valence-corrected chi connectivity index (χ2v) is 10.6. The second-order valence-electron chi connectivity index (χ2n) is 6.03. The first-order chi connectivity index (χ1) is 11.4. The van der Waals surface area contributed by atoms with E-state index < -0.39 is 10.0 Å². The van der Waals surface area contributed by atoms with Crippen LogP contribution >= 0.6 is 27.3 Å². The molecule has 0 radical (unpaired) electrons. The van der Waals surface area contributed by atoms with Crippen molar-refractivity contribution >= 4 is 37.3 Å². The van der Waals surface area contributed by atoms with Crippen LogP contribution in [0.25, 0.3) is 0 Å². The fourth-order valence-electron chi connectivity index (χ4n) is 2.72. The molecule has 1 fully saturated rings. The molecule has 7 heteroatoms. The highest BCUT2D eigenvalue weighted by Crippen LogP contribution is 2.39. The van der Waals surface area contributed by atoms with Crippen LogP contribution in [0.2, 0.25) is 0 Å². The van der Waals surface area contributed by atoms with E-state index in [0.717, 1.165) is 27.9 Å². The second kappa shape index (κ2) is 7.15. The van der Waals surface area contributed by atoms with Gasteiger partial charge in [-0.25, -0.2) is 8.42 Å². The zero-order valence-corrected chi connectivity index (χ0v) is 16.8. The molecule has 24 heavy (non-hydrogen) atoms. The maximum atomic E-state index is 13.1. The molecule has 1 aromatic carbocycles. The van der Waals surface area contributed by atoms with Gasteiger partial charge in [-0.15, -0.1) is 11.3 Å². The van der Waals surface area contributed by atoms with Gasteiger partial charge in [-0.2, -0.15) is 4.31 Å². The summed E-state index contributed by atoms with van der Waals surface area (Å²) < 4.78 is 34.3. The number of rotatable bonds is 7. The molecule has 0 aliphatic heterocycles. The van der Waals surface area contributed by atoms with E-state index in [2.05, 4.69) is 15.9 Å². The van der Waals surface area contributed by atoms with Crippen LogP contribution in [0.1, 0.15) is 25.3 Å². The zero-order chi connectivity index (χ0) is 17.3. The number of hydrogen-bond acceptors (Lipinski definition) is 4. The lowest BCUT2D eigenvalue weighted by atomic mass is 10.1. The van der Waals surface area contributed by atoms with Crippen LogP contribution in [-0.2, 0) is 16.6 Å². The Morgan fingerprint density at radius 2 is 1.92 bits per heavy atom. The van der Waals surface area contributed by atoms with Crippen LogP contribution in [-0.4, -0.2) is 25.9 Å². The molecular weight excluding hydrogens is 410 g/mol. The number of methoxy groups -OCH3 is 1. The monoisotopic (exact) mass is 429 g/mol. The third-order valence-electron chi connectivity index (χ3n) is 4.37. The molecule has 4 nitrogen and oxygen atoms in total. The summed E-state index contributed by atoms with van der Waals surface area (Å²) in [6.07, 6.45) is 2.20. The molecule has 1 unspecified atom stereocenters. The quantitative estimate of drug-likeness (QED) is 0.650. The van der Waals surface area contributed by atoms with E-state index in [1.807, 2.05) is 31.2 Å². The average Bonchev–Trinajstić information content (AvgIpc) is 3.33. The SMILES string of the molecule is COc1ccc(CN(C(C)C2CC2)S(=O)(=O)c2ccc(Br)s2)cc1. The first-order valence-electron chi connectivity index (χ1n) is 7.82. The maximum absolute atomic E-state index is 13.1. The maximum Gasteiger partial charge on any atom is 0.253 e. The van der Waals surface area contributed by atoms with Crippen LogP contribution in [0.5, 0.6) is 5.75 Å². The van der Waals surface area contributed by atoms with Gasteiger partial charge in [0.2, 0.25) is 0 Å². The predicted molar refractivity (Wildman–Crippen MR) is 99.9 cm³/mol. The van der Waals surface area contributed by atoms with Crippen molar-refractivity contribution in [2.75, 3.05) is 7.11 Å². The Morgan fingerprint density at radius 1 is 1.25 bits per heavy atom. The lowest BCUT2D eigenvalue weighted by Crippen LogP contribution is -2.39. The Kier molecular flexibility index (Phi) is 5.34. The predicted octanol–water partition coefficient (Wildman–Crippen LogP) is 4.51. The number of ether oxygens (including phenoxy) is 1. The van der Waals surface area contributed by atoms with Crippen LogP contribution in [0.4, 0.5) is 0 Å². The van der Waals surface area contributed by atoms with Crippen LogP contribution in [0.3, 0.4) is 0 Å². The number of halogens is 1. The zero-order valence-electron chi connectivity index (χ0n) is 13.6. The first kappa shape index (κ1) is 17.9. The molecule has 1 atom stereocenters. The van der Waals surface area contributed by atoms with Crippen molar-refractivity contribution in [1.82, 2.24) is 4.31 Å². The van der Waals surface area contributed by atoms with Gasteiger partial charge in [0.25, 0.3) is 10.0 Å². The fraction of sp³-hybridized carbons (Fsp3) is 0.412. The molecule has 2 aromatic rings. The number of sulfonamides is 1. The smallest absolute Gasteiger partial charge is 0.253 e. The van der Waals surface area contributed by atoms with Crippen molar-refractivity contribution < 1.29 is 13.2 Å². The minimum absolute atomic E-state index is 0.00187. The molecule has 0 bridgehead atoms. The van der Waals surface area contributed by atoms with E-state index in [0.29, 0.717) is 16.7 Å². The molecule has 0 saturated heterocycles. The number of benzene rings is 1. The Balaban J connectivity index is 1.90. The van der Waals surface area contributed by atoms with E-state index >= 15 is 0 Å². The standard InChI is InChI=1S/C17H20BrNO3S2/c1-12(14-5-6-14)19(11-13-3-7-15(22-2)8-4-13)24(20,21)17-10-9-16(18)23-17/h3-4,7-10,12,14H,5-6,11H2,1-2H3. The summed E-state index contributed by atoms with van der Waals surface area (Å²) in [6.45, 7) is 2.39.